The molecule has 4 N–H and O–H groups in total. The average molecular weight is 455 g/mol. The van der Waals surface area contributed by atoms with Gasteiger partial charge in [0.15, 0.2) is 5.01 Å². The quantitative estimate of drug-likeness (QED) is 0.366. The molecule has 12 heteroatoms. The highest BCUT2D eigenvalue weighted by Crippen LogP contribution is 2.25. The van der Waals surface area contributed by atoms with Crippen molar-refractivity contribution >= 4 is 46.3 Å². The summed E-state index contributed by atoms with van der Waals surface area (Å²) >= 11 is 7.14. The minimum absolute atomic E-state index is 0.0256. The SMILES string of the molecule is COCC(=O)N1CC[C@H](NC(=O)C(N)=O)[C@H](NC(=S)c2nc3c(s2)CN(C)CC3)C1. The number of nitrogens with one attached hydrogen (secondary N) is 2. The average Bonchev–Trinajstić information content (AvgIpc) is 3.12. The molecule has 0 aliphatic carbocycles. The van der Waals surface area contributed by atoms with E-state index < -0.39 is 17.9 Å². The number of carbonyl (C=O) groups excluding carboxylic acids is 3. The van der Waals surface area contributed by atoms with Crippen LogP contribution in [0.4, 0.5) is 0 Å². The van der Waals surface area contributed by atoms with Crippen molar-refractivity contribution in [3.8, 4) is 0 Å². The number of carbonyl (C=O) groups is 3. The summed E-state index contributed by atoms with van der Waals surface area (Å²) in [5.74, 6) is -2.06. The standard InChI is InChI=1S/C18H26N6O4S2/c1-23-5-3-11-13(8-23)30-18(22-11)17(29)21-12-7-24(14(25)9-28-2)6-4-10(12)20-16(27)15(19)26/h10,12H,3-9H2,1-2H3,(H2,19,26)(H,20,27)(H,21,29)/t10-,12+/m0/s1. The smallest absolute Gasteiger partial charge is 0.309 e. The number of likely N-dealkylation sites (N-methyl/N-ethyl adjacent to an activating group) is 1. The van der Waals surface area contributed by atoms with E-state index in [1.165, 1.54) is 12.0 Å². The maximum Gasteiger partial charge on any atom is 0.309 e. The number of fused-ring (bicyclic) bond motifs is 1. The van der Waals surface area contributed by atoms with Gasteiger partial charge in [-0.2, -0.15) is 0 Å². The normalized spacial score (nSPS) is 21.6. The third-order valence-corrected chi connectivity index (χ3v) is 6.75. The summed E-state index contributed by atoms with van der Waals surface area (Å²) in [5.41, 5.74) is 6.15. The molecule has 0 spiro atoms. The lowest BCUT2D eigenvalue weighted by molar-refractivity contribution is -0.139. The molecule has 0 bridgehead atoms. The van der Waals surface area contributed by atoms with Gasteiger partial charge in [-0.1, -0.05) is 12.2 Å². The number of nitrogens with zero attached hydrogens (tertiary/aromatic N) is 3. The number of aromatic nitrogens is 1. The first-order valence-electron chi connectivity index (χ1n) is 9.63. The molecule has 2 aliphatic rings. The second-order valence-electron chi connectivity index (χ2n) is 7.46. The maximum absolute atomic E-state index is 12.3. The highest BCUT2D eigenvalue weighted by Gasteiger charge is 2.34. The number of likely N-dealkylation sites (tertiary alicyclic amines) is 1. The Kier molecular flexibility index (Phi) is 7.34. The Bertz CT molecular complexity index is 845. The summed E-state index contributed by atoms with van der Waals surface area (Å²) in [5, 5.41) is 6.60. The fraction of sp³-hybridized carbons (Fsp3) is 0.611. The van der Waals surface area contributed by atoms with Gasteiger partial charge in [-0.3, -0.25) is 14.4 Å². The largest absolute Gasteiger partial charge is 0.375 e. The molecule has 0 aromatic carbocycles. The first-order chi connectivity index (χ1) is 14.3. The van der Waals surface area contributed by atoms with Crippen LogP contribution in [-0.4, -0.2) is 90.0 Å². The molecule has 164 valence electrons. The highest BCUT2D eigenvalue weighted by molar-refractivity contribution is 7.81. The fourth-order valence-electron chi connectivity index (χ4n) is 3.60. The maximum atomic E-state index is 12.3. The van der Waals surface area contributed by atoms with E-state index in [9.17, 15) is 14.4 Å². The van der Waals surface area contributed by atoms with Crippen LogP contribution in [0.25, 0.3) is 0 Å². The van der Waals surface area contributed by atoms with Gasteiger partial charge in [0.1, 0.15) is 11.6 Å². The summed E-state index contributed by atoms with van der Waals surface area (Å²) in [6.45, 7) is 2.50. The Morgan fingerprint density at radius 1 is 1.30 bits per heavy atom. The van der Waals surface area contributed by atoms with Crippen molar-refractivity contribution in [1.29, 1.82) is 0 Å². The number of piperidine rings is 1. The first-order valence-corrected chi connectivity index (χ1v) is 10.9. The van der Waals surface area contributed by atoms with E-state index in [0.717, 1.165) is 25.2 Å². The van der Waals surface area contributed by atoms with Crippen LogP contribution in [0.2, 0.25) is 0 Å². The Hall–Kier alpha value is -2.15. The number of ether oxygens (including phenoxy) is 1. The second-order valence-corrected chi connectivity index (χ2v) is 8.95. The van der Waals surface area contributed by atoms with Crippen molar-refractivity contribution in [2.24, 2.45) is 5.73 Å². The molecule has 0 unspecified atom stereocenters. The summed E-state index contributed by atoms with van der Waals surface area (Å²) < 4.78 is 4.94. The van der Waals surface area contributed by atoms with Crippen LogP contribution in [0, 0.1) is 0 Å². The molecule has 1 fully saturated rings. The first kappa shape index (κ1) is 22.5. The number of amides is 3. The van der Waals surface area contributed by atoms with Gasteiger partial charge < -0.3 is 30.9 Å². The molecule has 1 saturated heterocycles. The van der Waals surface area contributed by atoms with Crippen molar-refractivity contribution in [3.63, 3.8) is 0 Å². The minimum atomic E-state index is -1.05. The Balaban J connectivity index is 1.73. The number of methoxy groups -OCH3 is 1. The second kappa shape index (κ2) is 9.77. The van der Waals surface area contributed by atoms with Crippen LogP contribution in [-0.2, 0) is 32.1 Å². The number of nitrogens with two attached hydrogens (primary N) is 1. The van der Waals surface area contributed by atoms with Crippen LogP contribution >= 0.6 is 23.6 Å². The third kappa shape index (κ3) is 5.31. The minimum Gasteiger partial charge on any atom is -0.375 e. The zero-order chi connectivity index (χ0) is 21.8. The molecule has 30 heavy (non-hydrogen) atoms. The molecular formula is C18H26N6O4S2. The van der Waals surface area contributed by atoms with Gasteiger partial charge in [0.05, 0.1) is 17.8 Å². The monoisotopic (exact) mass is 454 g/mol. The number of hydrogen-bond acceptors (Lipinski definition) is 8. The van der Waals surface area contributed by atoms with Crippen LogP contribution in [0.1, 0.15) is 22.0 Å². The lowest BCUT2D eigenvalue weighted by atomic mass is 9.98. The summed E-state index contributed by atoms with van der Waals surface area (Å²) in [6.07, 6.45) is 1.33. The predicted octanol–water partition coefficient (Wildman–Crippen LogP) is -1.39. The van der Waals surface area contributed by atoms with Crippen molar-refractivity contribution in [2.45, 2.75) is 31.5 Å². The zero-order valence-electron chi connectivity index (χ0n) is 17.0. The van der Waals surface area contributed by atoms with Gasteiger partial charge in [-0.25, -0.2) is 4.98 Å². The van der Waals surface area contributed by atoms with Gasteiger partial charge >= 0.3 is 11.8 Å². The highest BCUT2D eigenvalue weighted by atomic mass is 32.1. The van der Waals surface area contributed by atoms with Crippen molar-refractivity contribution in [3.05, 3.63) is 15.6 Å². The molecule has 0 radical (unpaired) electrons. The van der Waals surface area contributed by atoms with Crippen molar-refractivity contribution < 1.29 is 19.1 Å². The zero-order valence-corrected chi connectivity index (χ0v) is 18.6. The Morgan fingerprint density at radius 3 is 2.77 bits per heavy atom. The fourth-order valence-corrected chi connectivity index (χ4v) is 5.02. The van der Waals surface area contributed by atoms with Crippen LogP contribution in [0.5, 0.6) is 0 Å². The van der Waals surface area contributed by atoms with Gasteiger partial charge in [0, 0.05) is 44.6 Å². The number of primary amides is 1. The van der Waals surface area contributed by atoms with E-state index >= 15 is 0 Å². The Labute approximate surface area is 184 Å². The van der Waals surface area contributed by atoms with E-state index in [1.807, 2.05) is 0 Å². The molecule has 3 amide bonds. The van der Waals surface area contributed by atoms with E-state index in [4.69, 9.17) is 22.7 Å². The van der Waals surface area contributed by atoms with Crippen LogP contribution < -0.4 is 16.4 Å². The number of hydrogen-bond donors (Lipinski definition) is 3. The molecule has 0 saturated carbocycles. The molecule has 3 heterocycles. The molecule has 10 nitrogen and oxygen atoms in total. The molecule has 1 aromatic rings. The van der Waals surface area contributed by atoms with Gasteiger partial charge in [0.25, 0.3) is 0 Å². The lowest BCUT2D eigenvalue weighted by Crippen LogP contribution is -2.62. The number of thiocarbonyl (C=S) groups is 1. The molecule has 2 atom stereocenters. The number of rotatable bonds is 5. The van der Waals surface area contributed by atoms with E-state index in [2.05, 4.69) is 27.6 Å². The van der Waals surface area contributed by atoms with E-state index in [1.54, 1.807) is 16.2 Å². The molecular weight excluding hydrogens is 428 g/mol. The predicted molar refractivity (Wildman–Crippen MR) is 115 cm³/mol. The van der Waals surface area contributed by atoms with Gasteiger partial charge in [-0.05, 0) is 13.5 Å². The van der Waals surface area contributed by atoms with Crippen molar-refractivity contribution in [1.82, 2.24) is 25.4 Å². The van der Waals surface area contributed by atoms with Gasteiger partial charge in [0.2, 0.25) is 5.91 Å². The molecule has 2 aliphatic heterocycles. The summed E-state index contributed by atoms with van der Waals surface area (Å²) in [6, 6.07) is -0.797. The summed E-state index contributed by atoms with van der Waals surface area (Å²) in [4.78, 5) is 45.5. The third-order valence-electron chi connectivity index (χ3n) is 5.21. The van der Waals surface area contributed by atoms with Gasteiger partial charge in [-0.15, -0.1) is 11.3 Å². The summed E-state index contributed by atoms with van der Waals surface area (Å²) in [7, 11) is 3.53. The van der Waals surface area contributed by atoms with Crippen LogP contribution in [0.15, 0.2) is 0 Å². The number of thiazole rings is 1. The lowest BCUT2D eigenvalue weighted by Gasteiger charge is -2.39. The van der Waals surface area contributed by atoms with E-state index in [-0.39, 0.29) is 18.6 Å². The van der Waals surface area contributed by atoms with Crippen LogP contribution in [0.3, 0.4) is 0 Å². The molecule has 1 aromatic heterocycles. The Morgan fingerprint density at radius 2 is 2.07 bits per heavy atom. The molecule has 3 rings (SSSR count). The topological polar surface area (TPSA) is 130 Å². The van der Waals surface area contributed by atoms with Crippen molar-refractivity contribution in [2.75, 3.05) is 40.4 Å². The van der Waals surface area contributed by atoms with E-state index in [0.29, 0.717) is 29.5 Å².